The zero-order valence-corrected chi connectivity index (χ0v) is 9.39. The summed E-state index contributed by atoms with van der Waals surface area (Å²) in [5.74, 6) is 0.608. The van der Waals surface area contributed by atoms with Crippen molar-refractivity contribution in [1.29, 1.82) is 0 Å². The van der Waals surface area contributed by atoms with Gasteiger partial charge in [-0.25, -0.2) is 0 Å². The van der Waals surface area contributed by atoms with Crippen LogP contribution in [-0.4, -0.2) is 18.1 Å². The zero-order chi connectivity index (χ0) is 10.1. The predicted octanol–water partition coefficient (Wildman–Crippen LogP) is 2.76. The van der Waals surface area contributed by atoms with Gasteiger partial charge >= 0.3 is 0 Å². The molecule has 2 nitrogen and oxygen atoms in total. The SMILES string of the molecule is c1cc2sccc2c(C2CCCNC2)n1. The van der Waals surface area contributed by atoms with E-state index in [1.165, 1.54) is 28.6 Å². The summed E-state index contributed by atoms with van der Waals surface area (Å²) in [5.41, 5.74) is 1.29. The van der Waals surface area contributed by atoms with E-state index in [1.807, 2.05) is 6.20 Å². The van der Waals surface area contributed by atoms with E-state index in [2.05, 4.69) is 27.8 Å². The van der Waals surface area contributed by atoms with Crippen LogP contribution in [0.1, 0.15) is 24.5 Å². The summed E-state index contributed by atoms with van der Waals surface area (Å²) in [5, 5.41) is 6.97. The lowest BCUT2D eigenvalue weighted by molar-refractivity contribution is 0.457. The number of aromatic nitrogens is 1. The molecule has 78 valence electrons. The van der Waals surface area contributed by atoms with Gasteiger partial charge in [-0.05, 0) is 36.9 Å². The molecule has 1 aliphatic heterocycles. The van der Waals surface area contributed by atoms with Gasteiger partial charge in [0.25, 0.3) is 0 Å². The highest BCUT2D eigenvalue weighted by Gasteiger charge is 2.18. The number of rotatable bonds is 1. The summed E-state index contributed by atoms with van der Waals surface area (Å²) in [6, 6.07) is 4.32. The first-order valence-corrected chi connectivity index (χ1v) is 6.36. The Bertz CT molecular complexity index is 457. The molecule has 15 heavy (non-hydrogen) atoms. The molecule has 0 radical (unpaired) electrons. The second kappa shape index (κ2) is 3.91. The number of hydrogen-bond acceptors (Lipinski definition) is 3. The molecule has 1 N–H and O–H groups in total. The molecule has 2 aromatic heterocycles. The lowest BCUT2D eigenvalue weighted by Crippen LogP contribution is -2.28. The molecule has 2 aromatic rings. The first-order valence-electron chi connectivity index (χ1n) is 5.48. The van der Waals surface area contributed by atoms with Crippen LogP contribution in [0.3, 0.4) is 0 Å². The van der Waals surface area contributed by atoms with Crippen LogP contribution in [0, 0.1) is 0 Å². The fourth-order valence-corrected chi connectivity index (χ4v) is 3.12. The van der Waals surface area contributed by atoms with Crippen LogP contribution in [0.2, 0.25) is 0 Å². The average molecular weight is 218 g/mol. The Morgan fingerprint density at radius 1 is 1.40 bits per heavy atom. The Labute approximate surface area is 93.3 Å². The first kappa shape index (κ1) is 9.31. The number of nitrogens with one attached hydrogen (secondary N) is 1. The van der Waals surface area contributed by atoms with Crippen molar-refractivity contribution >= 4 is 21.4 Å². The third-order valence-electron chi connectivity index (χ3n) is 3.09. The van der Waals surface area contributed by atoms with Crippen molar-refractivity contribution in [3.05, 3.63) is 29.4 Å². The van der Waals surface area contributed by atoms with Gasteiger partial charge in [-0.15, -0.1) is 11.3 Å². The van der Waals surface area contributed by atoms with Crippen LogP contribution in [0.4, 0.5) is 0 Å². The Kier molecular flexibility index (Phi) is 2.43. The van der Waals surface area contributed by atoms with Gasteiger partial charge in [0, 0.05) is 28.7 Å². The molecule has 3 rings (SSSR count). The normalized spacial score (nSPS) is 22.0. The summed E-state index contributed by atoms with van der Waals surface area (Å²) < 4.78 is 1.37. The summed E-state index contributed by atoms with van der Waals surface area (Å²) in [6.45, 7) is 2.25. The summed E-state index contributed by atoms with van der Waals surface area (Å²) in [6.07, 6.45) is 4.49. The molecule has 0 bridgehead atoms. The number of piperidine rings is 1. The second-order valence-electron chi connectivity index (χ2n) is 4.07. The van der Waals surface area contributed by atoms with E-state index < -0.39 is 0 Å². The topological polar surface area (TPSA) is 24.9 Å². The van der Waals surface area contributed by atoms with Gasteiger partial charge in [0.2, 0.25) is 0 Å². The van der Waals surface area contributed by atoms with Crippen molar-refractivity contribution in [2.75, 3.05) is 13.1 Å². The Morgan fingerprint density at radius 2 is 2.40 bits per heavy atom. The largest absolute Gasteiger partial charge is 0.316 e. The van der Waals surface area contributed by atoms with Crippen molar-refractivity contribution in [2.45, 2.75) is 18.8 Å². The van der Waals surface area contributed by atoms with E-state index in [1.54, 1.807) is 11.3 Å². The first-order chi connectivity index (χ1) is 7.45. The fourth-order valence-electron chi connectivity index (χ4n) is 2.33. The van der Waals surface area contributed by atoms with Crippen LogP contribution >= 0.6 is 11.3 Å². The van der Waals surface area contributed by atoms with Crippen molar-refractivity contribution in [2.24, 2.45) is 0 Å². The molecule has 3 heteroatoms. The standard InChI is InChI=1S/C12H14N2S/c1-2-9(8-13-5-1)12-10-4-7-15-11(10)3-6-14-12/h3-4,6-7,9,13H,1-2,5,8H2. The van der Waals surface area contributed by atoms with E-state index in [0.717, 1.165) is 13.1 Å². The predicted molar refractivity (Wildman–Crippen MR) is 64.5 cm³/mol. The molecule has 1 fully saturated rings. The van der Waals surface area contributed by atoms with Gasteiger partial charge in [0.15, 0.2) is 0 Å². The van der Waals surface area contributed by atoms with Crippen LogP contribution in [0.5, 0.6) is 0 Å². The molecule has 1 unspecified atom stereocenters. The van der Waals surface area contributed by atoms with Gasteiger partial charge in [-0.2, -0.15) is 0 Å². The molecule has 0 aromatic carbocycles. The molecule has 1 saturated heterocycles. The number of hydrogen-bond donors (Lipinski definition) is 1. The minimum Gasteiger partial charge on any atom is -0.316 e. The summed E-state index contributed by atoms with van der Waals surface area (Å²) in [7, 11) is 0. The van der Waals surface area contributed by atoms with E-state index in [9.17, 15) is 0 Å². The van der Waals surface area contributed by atoms with Crippen molar-refractivity contribution in [1.82, 2.24) is 10.3 Å². The van der Waals surface area contributed by atoms with Gasteiger partial charge < -0.3 is 5.32 Å². The molecule has 0 amide bonds. The van der Waals surface area contributed by atoms with E-state index in [-0.39, 0.29) is 0 Å². The molecule has 1 aliphatic rings. The Hall–Kier alpha value is -0.930. The van der Waals surface area contributed by atoms with Crippen LogP contribution in [-0.2, 0) is 0 Å². The van der Waals surface area contributed by atoms with Crippen molar-refractivity contribution in [3.63, 3.8) is 0 Å². The van der Waals surface area contributed by atoms with E-state index in [0.29, 0.717) is 5.92 Å². The Balaban J connectivity index is 2.05. The van der Waals surface area contributed by atoms with Gasteiger partial charge in [0.05, 0.1) is 5.69 Å². The highest BCUT2D eigenvalue weighted by molar-refractivity contribution is 7.17. The van der Waals surface area contributed by atoms with Crippen LogP contribution in [0.25, 0.3) is 10.1 Å². The van der Waals surface area contributed by atoms with E-state index in [4.69, 9.17) is 0 Å². The zero-order valence-electron chi connectivity index (χ0n) is 8.57. The van der Waals surface area contributed by atoms with Crippen LogP contribution in [0.15, 0.2) is 23.7 Å². The lowest BCUT2D eigenvalue weighted by atomic mass is 9.94. The van der Waals surface area contributed by atoms with Crippen LogP contribution < -0.4 is 5.32 Å². The average Bonchev–Trinajstić information content (AvgIpc) is 2.78. The molecular formula is C12H14N2S. The molecule has 1 atom stereocenters. The smallest absolute Gasteiger partial charge is 0.0533 e. The minimum absolute atomic E-state index is 0.608. The number of fused-ring (bicyclic) bond motifs is 1. The van der Waals surface area contributed by atoms with Gasteiger partial charge in [-0.1, -0.05) is 0 Å². The molecule has 0 saturated carbocycles. The third-order valence-corrected chi connectivity index (χ3v) is 3.98. The molecule has 0 aliphatic carbocycles. The molecular weight excluding hydrogens is 204 g/mol. The van der Waals surface area contributed by atoms with Gasteiger partial charge in [0.1, 0.15) is 0 Å². The number of pyridine rings is 1. The molecule has 3 heterocycles. The monoisotopic (exact) mass is 218 g/mol. The third kappa shape index (κ3) is 1.66. The maximum absolute atomic E-state index is 4.57. The van der Waals surface area contributed by atoms with E-state index >= 15 is 0 Å². The summed E-state index contributed by atoms with van der Waals surface area (Å²) >= 11 is 1.81. The maximum Gasteiger partial charge on any atom is 0.0533 e. The number of nitrogens with zero attached hydrogens (tertiary/aromatic N) is 1. The van der Waals surface area contributed by atoms with Gasteiger partial charge in [-0.3, -0.25) is 4.98 Å². The minimum atomic E-state index is 0.608. The maximum atomic E-state index is 4.57. The molecule has 0 spiro atoms. The quantitative estimate of drug-likeness (QED) is 0.796. The van der Waals surface area contributed by atoms with Crippen molar-refractivity contribution < 1.29 is 0 Å². The second-order valence-corrected chi connectivity index (χ2v) is 5.02. The number of thiophene rings is 1. The Morgan fingerprint density at radius 3 is 3.27 bits per heavy atom. The van der Waals surface area contributed by atoms with Crippen molar-refractivity contribution in [3.8, 4) is 0 Å². The highest BCUT2D eigenvalue weighted by atomic mass is 32.1. The fraction of sp³-hybridized carbons (Fsp3) is 0.417. The summed E-state index contributed by atoms with van der Waals surface area (Å²) in [4.78, 5) is 4.57. The highest BCUT2D eigenvalue weighted by Crippen LogP contribution is 2.30. The lowest BCUT2D eigenvalue weighted by Gasteiger charge is -2.22.